The van der Waals surface area contributed by atoms with Crippen LogP contribution in [-0.4, -0.2) is 85.9 Å². The monoisotopic (exact) mass is 468 g/mol. The number of hydrogen-bond donors (Lipinski definition) is 1. The first-order chi connectivity index (χ1) is 16.4. The summed E-state index contributed by atoms with van der Waals surface area (Å²) in [6.07, 6.45) is -1.34. The zero-order valence-electron chi connectivity index (χ0n) is 18.8. The number of fused-ring (bicyclic) bond motifs is 3. The molecule has 0 saturated carbocycles. The fourth-order valence-corrected chi connectivity index (χ4v) is 5.68. The van der Waals surface area contributed by atoms with Crippen LogP contribution in [0.5, 0.6) is 0 Å². The normalized spacial score (nSPS) is 27.5. The fourth-order valence-electron chi connectivity index (χ4n) is 5.68. The second-order valence-electron chi connectivity index (χ2n) is 9.58. The zero-order valence-corrected chi connectivity index (χ0v) is 18.8. The molecule has 4 aliphatic rings. The summed E-state index contributed by atoms with van der Waals surface area (Å²) >= 11 is 0. The average molecular weight is 468 g/mol. The summed E-state index contributed by atoms with van der Waals surface area (Å²) in [5.41, 5.74) is 2.63. The van der Waals surface area contributed by atoms with Crippen molar-refractivity contribution >= 4 is 11.9 Å². The number of aliphatic hydroxyl groups excluding tert-OH is 1. The van der Waals surface area contributed by atoms with Gasteiger partial charge in [-0.05, 0) is 47.9 Å². The smallest absolute Gasteiger partial charge is 0.336 e. The first-order valence-corrected chi connectivity index (χ1v) is 11.5. The molecule has 1 aromatic carbocycles. The highest BCUT2D eigenvalue weighted by molar-refractivity contribution is 5.94. The van der Waals surface area contributed by atoms with Crippen LogP contribution in [0.15, 0.2) is 29.5 Å². The van der Waals surface area contributed by atoms with Gasteiger partial charge in [0.2, 0.25) is 5.91 Å². The number of nitrogens with zero attached hydrogens (tertiary/aromatic N) is 6. The SMILES string of the molecule is CC1=C(N2CC[C@@]3(CCN(CC(O)c4ccc5c(c4)Cn4nnnc4-5)C[C@@H]3F)C2=O)COC1=O. The van der Waals surface area contributed by atoms with E-state index in [1.54, 1.807) is 11.6 Å². The summed E-state index contributed by atoms with van der Waals surface area (Å²) < 4.78 is 22.3. The van der Waals surface area contributed by atoms with Crippen LogP contribution >= 0.6 is 0 Å². The Kier molecular flexibility index (Phi) is 4.82. The van der Waals surface area contributed by atoms with Gasteiger partial charge >= 0.3 is 5.97 Å². The number of ether oxygens (including phenoxy) is 1. The van der Waals surface area contributed by atoms with Crippen molar-refractivity contribution in [2.24, 2.45) is 5.41 Å². The molecule has 2 fully saturated rings. The summed E-state index contributed by atoms with van der Waals surface area (Å²) in [7, 11) is 0. The lowest BCUT2D eigenvalue weighted by atomic mass is 9.75. The zero-order chi connectivity index (χ0) is 23.6. The van der Waals surface area contributed by atoms with Crippen LogP contribution in [0.3, 0.4) is 0 Å². The highest BCUT2D eigenvalue weighted by atomic mass is 19.1. The lowest BCUT2D eigenvalue weighted by Crippen LogP contribution is -2.53. The van der Waals surface area contributed by atoms with Crippen LogP contribution in [0.2, 0.25) is 0 Å². The van der Waals surface area contributed by atoms with E-state index < -0.39 is 23.7 Å². The van der Waals surface area contributed by atoms with E-state index in [-0.39, 0.29) is 25.6 Å². The number of carbonyl (C=O) groups is 2. The van der Waals surface area contributed by atoms with Crippen molar-refractivity contribution in [3.05, 3.63) is 40.6 Å². The number of carbonyl (C=O) groups excluding carboxylic acids is 2. The Balaban J connectivity index is 1.12. The Hall–Kier alpha value is -3.18. The van der Waals surface area contributed by atoms with E-state index in [4.69, 9.17) is 4.74 Å². The Morgan fingerprint density at radius 2 is 2.12 bits per heavy atom. The highest BCUT2D eigenvalue weighted by Gasteiger charge is 2.56. The standard InChI is InChI=1S/C23H25FN6O4/c1-13-17(12-34-21(13)32)29-7-5-23(22(29)33)4-6-28(11-19(23)24)10-18(31)14-2-3-16-15(8-14)9-30-20(16)25-26-27-30/h2-3,8,18-19,31H,4-7,9-12H2,1H3/t18?,19-,23+/m0/s1. The molecule has 1 amide bonds. The minimum Gasteiger partial charge on any atom is -0.456 e. The predicted octanol–water partition coefficient (Wildman–Crippen LogP) is 0.828. The third-order valence-corrected chi connectivity index (χ3v) is 7.79. The van der Waals surface area contributed by atoms with Crippen LogP contribution in [0.25, 0.3) is 11.4 Å². The van der Waals surface area contributed by atoms with Gasteiger partial charge in [-0.2, -0.15) is 0 Å². The summed E-state index contributed by atoms with van der Waals surface area (Å²) in [4.78, 5) is 28.4. The minimum absolute atomic E-state index is 0.0660. The molecule has 1 N–H and O–H groups in total. The Morgan fingerprint density at radius 3 is 2.88 bits per heavy atom. The molecule has 178 valence electrons. The molecule has 2 aromatic rings. The van der Waals surface area contributed by atoms with Crippen LogP contribution in [0.1, 0.15) is 37.0 Å². The number of halogens is 1. The number of tetrazole rings is 1. The fraction of sp³-hybridized carbons (Fsp3) is 0.522. The predicted molar refractivity (Wildman–Crippen MR) is 116 cm³/mol. The number of cyclic esters (lactones) is 1. The van der Waals surface area contributed by atoms with Crippen LogP contribution in [0.4, 0.5) is 4.39 Å². The van der Waals surface area contributed by atoms with Crippen molar-refractivity contribution in [3.8, 4) is 11.4 Å². The summed E-state index contributed by atoms with van der Waals surface area (Å²) in [6, 6.07) is 5.70. The third-order valence-electron chi connectivity index (χ3n) is 7.79. The maximum Gasteiger partial charge on any atom is 0.336 e. The molecule has 34 heavy (non-hydrogen) atoms. The second-order valence-corrected chi connectivity index (χ2v) is 9.58. The molecule has 1 spiro atoms. The van der Waals surface area contributed by atoms with Crippen molar-refractivity contribution in [1.29, 1.82) is 0 Å². The molecular weight excluding hydrogens is 443 g/mol. The van der Waals surface area contributed by atoms with Crippen LogP contribution < -0.4 is 0 Å². The van der Waals surface area contributed by atoms with Gasteiger partial charge in [0.1, 0.15) is 12.8 Å². The average Bonchev–Trinajstić information content (AvgIpc) is 3.56. The van der Waals surface area contributed by atoms with E-state index >= 15 is 4.39 Å². The van der Waals surface area contributed by atoms with Gasteiger partial charge in [0.25, 0.3) is 0 Å². The van der Waals surface area contributed by atoms with E-state index in [0.29, 0.717) is 49.6 Å². The Labute approximate surface area is 195 Å². The molecule has 10 nitrogen and oxygen atoms in total. The number of alkyl halides is 1. The number of amides is 1. The van der Waals surface area contributed by atoms with E-state index in [9.17, 15) is 14.7 Å². The Morgan fingerprint density at radius 1 is 1.29 bits per heavy atom. The van der Waals surface area contributed by atoms with Gasteiger partial charge in [-0.25, -0.2) is 13.9 Å². The lowest BCUT2D eigenvalue weighted by molar-refractivity contribution is -0.142. The van der Waals surface area contributed by atoms with Gasteiger partial charge < -0.3 is 14.7 Å². The van der Waals surface area contributed by atoms with Crippen molar-refractivity contribution in [2.75, 3.05) is 32.8 Å². The van der Waals surface area contributed by atoms with E-state index in [2.05, 4.69) is 15.5 Å². The van der Waals surface area contributed by atoms with Gasteiger partial charge in [-0.1, -0.05) is 18.2 Å². The van der Waals surface area contributed by atoms with Crippen molar-refractivity contribution in [1.82, 2.24) is 30.0 Å². The number of piperidine rings is 1. The molecule has 1 aromatic heterocycles. The molecule has 5 heterocycles. The molecule has 0 aliphatic carbocycles. The number of rotatable bonds is 4. The molecule has 4 aliphatic heterocycles. The molecule has 2 saturated heterocycles. The highest BCUT2D eigenvalue weighted by Crippen LogP contribution is 2.45. The van der Waals surface area contributed by atoms with Crippen molar-refractivity contribution in [3.63, 3.8) is 0 Å². The number of aliphatic hydroxyl groups is 1. The van der Waals surface area contributed by atoms with E-state index in [1.807, 2.05) is 23.1 Å². The second kappa shape index (κ2) is 7.67. The van der Waals surface area contributed by atoms with Crippen LogP contribution in [0, 0.1) is 5.41 Å². The largest absolute Gasteiger partial charge is 0.456 e. The molecule has 11 heteroatoms. The first-order valence-electron chi connectivity index (χ1n) is 11.5. The number of likely N-dealkylation sites (tertiary alicyclic amines) is 2. The summed E-state index contributed by atoms with van der Waals surface area (Å²) in [6.45, 7) is 3.53. The maximum absolute atomic E-state index is 15.5. The first kappa shape index (κ1) is 21.4. The molecule has 0 radical (unpaired) electrons. The molecule has 0 bridgehead atoms. The molecule has 3 atom stereocenters. The number of β-amino-alcohol motifs (C(OH)–C–C–N with tert-alkyl or cyclic N) is 1. The number of benzene rings is 1. The van der Waals surface area contributed by atoms with Crippen molar-refractivity contribution < 1.29 is 23.8 Å². The van der Waals surface area contributed by atoms with Crippen LogP contribution in [-0.2, 0) is 20.9 Å². The topological polar surface area (TPSA) is 114 Å². The number of aromatic nitrogens is 4. The van der Waals surface area contributed by atoms with Gasteiger partial charge in [-0.15, -0.1) is 5.10 Å². The number of esters is 1. The molecular formula is C23H25FN6O4. The van der Waals surface area contributed by atoms with Gasteiger partial charge in [0.15, 0.2) is 5.82 Å². The van der Waals surface area contributed by atoms with Gasteiger partial charge in [0.05, 0.1) is 29.3 Å². The number of hydrogen-bond acceptors (Lipinski definition) is 8. The summed E-state index contributed by atoms with van der Waals surface area (Å²) in [5.74, 6) is 0.0353. The lowest BCUT2D eigenvalue weighted by Gasteiger charge is -2.41. The quantitative estimate of drug-likeness (QED) is 0.560. The van der Waals surface area contributed by atoms with Crippen molar-refractivity contribution in [2.45, 2.75) is 38.6 Å². The van der Waals surface area contributed by atoms with Gasteiger partial charge in [-0.3, -0.25) is 9.69 Å². The maximum atomic E-state index is 15.5. The molecule has 1 unspecified atom stereocenters. The van der Waals surface area contributed by atoms with E-state index in [1.165, 1.54) is 4.90 Å². The molecule has 6 rings (SSSR count). The van der Waals surface area contributed by atoms with Gasteiger partial charge in [0, 0.05) is 25.2 Å². The minimum atomic E-state index is -1.35. The van der Waals surface area contributed by atoms with E-state index in [0.717, 1.165) is 16.7 Å². The third kappa shape index (κ3) is 3.10. The Bertz CT molecular complexity index is 1230. The summed E-state index contributed by atoms with van der Waals surface area (Å²) in [5, 5.41) is 22.5.